The van der Waals surface area contributed by atoms with Crippen molar-refractivity contribution < 1.29 is 19.1 Å². The maximum atomic E-state index is 12.8. The fraction of sp³-hybridized carbons (Fsp3) is 0.591. The zero-order valence-electron chi connectivity index (χ0n) is 17.2. The average molecular weight is 399 g/mol. The van der Waals surface area contributed by atoms with E-state index in [1.54, 1.807) is 4.90 Å². The number of fused-ring (bicyclic) bond motifs is 1. The molecule has 1 aromatic carbocycles. The summed E-state index contributed by atoms with van der Waals surface area (Å²) >= 11 is 0. The van der Waals surface area contributed by atoms with E-state index in [1.807, 2.05) is 30.0 Å². The van der Waals surface area contributed by atoms with Gasteiger partial charge in [0, 0.05) is 38.4 Å². The van der Waals surface area contributed by atoms with Gasteiger partial charge >= 0.3 is 0 Å². The van der Waals surface area contributed by atoms with E-state index in [9.17, 15) is 14.4 Å². The summed E-state index contributed by atoms with van der Waals surface area (Å²) in [6.45, 7) is 5.25. The molecule has 0 aliphatic carbocycles. The molecule has 0 saturated carbocycles. The van der Waals surface area contributed by atoms with Crippen LogP contribution in [0.5, 0.6) is 5.75 Å². The average Bonchev–Trinajstić information content (AvgIpc) is 2.83. The lowest BCUT2D eigenvalue weighted by molar-refractivity contribution is -0.142. The lowest BCUT2D eigenvalue weighted by Gasteiger charge is -2.38. The van der Waals surface area contributed by atoms with Crippen LogP contribution in [0.25, 0.3) is 0 Å². The molecular formula is C22H29N3O4. The molecule has 156 valence electrons. The Kier molecular flexibility index (Phi) is 5.23. The number of benzene rings is 1. The molecular weight excluding hydrogens is 370 g/mol. The molecule has 7 heteroatoms. The van der Waals surface area contributed by atoms with Crippen LogP contribution in [0.15, 0.2) is 18.2 Å². The number of ether oxygens (including phenoxy) is 1. The molecule has 7 nitrogen and oxygen atoms in total. The molecule has 0 aromatic heterocycles. The summed E-state index contributed by atoms with van der Waals surface area (Å²) in [7, 11) is 0. The number of likely N-dealkylation sites (tertiary alicyclic amines) is 2. The second kappa shape index (κ2) is 7.69. The molecule has 4 rings (SSSR count). The summed E-state index contributed by atoms with van der Waals surface area (Å²) in [6, 6.07) is 5.77. The molecule has 3 heterocycles. The molecule has 1 aromatic rings. The zero-order chi connectivity index (χ0) is 20.6. The summed E-state index contributed by atoms with van der Waals surface area (Å²) < 4.78 is 6.19. The van der Waals surface area contributed by atoms with Crippen LogP contribution < -0.4 is 10.1 Å². The van der Waals surface area contributed by atoms with Crippen LogP contribution in [0.2, 0.25) is 0 Å². The molecule has 0 radical (unpaired) electrons. The van der Waals surface area contributed by atoms with Gasteiger partial charge in [0.15, 0.2) is 5.72 Å². The van der Waals surface area contributed by atoms with Gasteiger partial charge in [-0.15, -0.1) is 0 Å². The van der Waals surface area contributed by atoms with E-state index in [0.717, 1.165) is 31.4 Å². The molecule has 1 N–H and O–H groups in total. The number of carbonyl (C=O) groups excluding carboxylic acids is 3. The quantitative estimate of drug-likeness (QED) is 0.827. The fourth-order valence-electron chi connectivity index (χ4n) is 4.57. The molecule has 0 unspecified atom stereocenters. The van der Waals surface area contributed by atoms with Gasteiger partial charge in [-0.2, -0.15) is 0 Å². The summed E-state index contributed by atoms with van der Waals surface area (Å²) in [6.07, 6.45) is 4.28. The number of carbonyl (C=O) groups is 3. The van der Waals surface area contributed by atoms with Crippen LogP contribution in [0.3, 0.4) is 0 Å². The standard InChI is InChI=1S/C22H29N3O4/c1-15-6-7-18-17(13-15)21(28)23-22(29-18)9-8-19(26)24(12-10-22)14-20(27)25-11-4-3-5-16(25)2/h6-7,13,16H,3-5,8-12,14H2,1-2H3,(H,23,28)/t16-,22+/m1/s1. The van der Waals surface area contributed by atoms with Crippen LogP contribution in [0.1, 0.15) is 61.4 Å². The highest BCUT2D eigenvalue weighted by Crippen LogP contribution is 2.34. The number of amides is 3. The molecule has 1 spiro atoms. The van der Waals surface area contributed by atoms with Gasteiger partial charge in [0.2, 0.25) is 11.8 Å². The van der Waals surface area contributed by atoms with E-state index >= 15 is 0 Å². The van der Waals surface area contributed by atoms with Gasteiger partial charge in [-0.1, -0.05) is 11.6 Å². The first-order valence-electron chi connectivity index (χ1n) is 10.6. The van der Waals surface area contributed by atoms with Crippen molar-refractivity contribution >= 4 is 17.7 Å². The van der Waals surface area contributed by atoms with Crippen LogP contribution in [0, 0.1) is 6.92 Å². The van der Waals surface area contributed by atoms with E-state index in [4.69, 9.17) is 4.74 Å². The normalized spacial score (nSPS) is 27.2. The number of piperidine rings is 1. The second-order valence-electron chi connectivity index (χ2n) is 8.55. The number of rotatable bonds is 2. The summed E-state index contributed by atoms with van der Waals surface area (Å²) in [5.74, 6) is 0.330. The fourth-order valence-corrected chi connectivity index (χ4v) is 4.57. The first kappa shape index (κ1) is 19.7. The van der Waals surface area contributed by atoms with Crippen molar-refractivity contribution in [3.8, 4) is 5.75 Å². The van der Waals surface area contributed by atoms with E-state index in [2.05, 4.69) is 12.2 Å². The first-order chi connectivity index (χ1) is 13.9. The predicted octanol–water partition coefficient (Wildman–Crippen LogP) is 2.23. The molecule has 3 aliphatic heterocycles. The Bertz CT molecular complexity index is 839. The van der Waals surface area contributed by atoms with E-state index in [0.29, 0.717) is 30.7 Å². The molecule has 2 fully saturated rings. The maximum Gasteiger partial charge on any atom is 0.258 e. The third-order valence-electron chi connectivity index (χ3n) is 6.36. The Morgan fingerprint density at radius 1 is 1.24 bits per heavy atom. The number of hydrogen-bond donors (Lipinski definition) is 1. The van der Waals surface area contributed by atoms with Crippen molar-refractivity contribution in [1.82, 2.24) is 15.1 Å². The van der Waals surface area contributed by atoms with Crippen LogP contribution in [0.4, 0.5) is 0 Å². The Morgan fingerprint density at radius 3 is 2.86 bits per heavy atom. The van der Waals surface area contributed by atoms with E-state index in [-0.39, 0.29) is 36.7 Å². The van der Waals surface area contributed by atoms with E-state index < -0.39 is 5.72 Å². The highest BCUT2D eigenvalue weighted by Gasteiger charge is 2.43. The van der Waals surface area contributed by atoms with Crippen molar-refractivity contribution in [2.24, 2.45) is 0 Å². The van der Waals surface area contributed by atoms with Crippen molar-refractivity contribution in [3.05, 3.63) is 29.3 Å². The van der Waals surface area contributed by atoms with Gasteiger partial charge in [0.25, 0.3) is 5.91 Å². The van der Waals surface area contributed by atoms with E-state index in [1.165, 1.54) is 0 Å². The van der Waals surface area contributed by atoms with Crippen molar-refractivity contribution in [2.75, 3.05) is 19.6 Å². The topological polar surface area (TPSA) is 79.0 Å². The Hall–Kier alpha value is -2.57. The highest BCUT2D eigenvalue weighted by atomic mass is 16.5. The maximum absolute atomic E-state index is 12.8. The monoisotopic (exact) mass is 399 g/mol. The zero-order valence-corrected chi connectivity index (χ0v) is 17.2. The molecule has 0 bridgehead atoms. The molecule has 3 aliphatic rings. The van der Waals surface area contributed by atoms with Gasteiger partial charge in [-0.3, -0.25) is 14.4 Å². The lowest BCUT2D eigenvalue weighted by Crippen LogP contribution is -2.56. The Labute approximate surface area is 171 Å². The highest BCUT2D eigenvalue weighted by molar-refractivity contribution is 5.98. The minimum Gasteiger partial charge on any atom is -0.467 e. The predicted molar refractivity (Wildman–Crippen MR) is 107 cm³/mol. The molecule has 3 amide bonds. The molecule has 2 atom stereocenters. The number of aryl methyl sites for hydroxylation is 1. The lowest BCUT2D eigenvalue weighted by atomic mass is 9.99. The van der Waals surface area contributed by atoms with Crippen molar-refractivity contribution in [2.45, 2.75) is 64.1 Å². The number of nitrogens with zero attached hydrogens (tertiary/aromatic N) is 2. The van der Waals surface area contributed by atoms with Gasteiger partial charge in [0.1, 0.15) is 5.75 Å². The van der Waals surface area contributed by atoms with Crippen LogP contribution in [-0.4, -0.2) is 58.9 Å². The third kappa shape index (κ3) is 3.95. The van der Waals surface area contributed by atoms with Crippen molar-refractivity contribution in [1.29, 1.82) is 0 Å². The minimum atomic E-state index is -0.898. The third-order valence-corrected chi connectivity index (χ3v) is 6.36. The molecule has 2 saturated heterocycles. The summed E-state index contributed by atoms with van der Waals surface area (Å²) in [5, 5.41) is 2.98. The second-order valence-corrected chi connectivity index (χ2v) is 8.55. The van der Waals surface area contributed by atoms with Crippen molar-refractivity contribution in [3.63, 3.8) is 0 Å². The van der Waals surface area contributed by atoms with Gasteiger partial charge in [-0.05, 0) is 45.2 Å². The number of nitrogens with one attached hydrogen (secondary N) is 1. The summed E-state index contributed by atoms with van der Waals surface area (Å²) in [5.41, 5.74) is 0.619. The Balaban J connectivity index is 1.45. The van der Waals surface area contributed by atoms with Gasteiger partial charge in [0.05, 0.1) is 12.1 Å². The minimum absolute atomic E-state index is 0.0101. The smallest absolute Gasteiger partial charge is 0.258 e. The molecule has 29 heavy (non-hydrogen) atoms. The first-order valence-corrected chi connectivity index (χ1v) is 10.6. The SMILES string of the molecule is Cc1ccc2c(c1)C(=O)N[C@@]1(CCC(=O)N(CC(=O)N3CCCC[C@H]3C)CC1)O2. The van der Waals surface area contributed by atoms with Crippen LogP contribution in [-0.2, 0) is 9.59 Å². The summed E-state index contributed by atoms with van der Waals surface area (Å²) in [4.78, 5) is 41.7. The van der Waals surface area contributed by atoms with Gasteiger partial charge in [-0.25, -0.2) is 0 Å². The van der Waals surface area contributed by atoms with Gasteiger partial charge < -0.3 is 19.9 Å². The van der Waals surface area contributed by atoms with Crippen LogP contribution >= 0.6 is 0 Å². The Morgan fingerprint density at radius 2 is 2.07 bits per heavy atom. The number of hydrogen-bond acceptors (Lipinski definition) is 4. The largest absolute Gasteiger partial charge is 0.467 e.